The second-order valence-electron chi connectivity index (χ2n) is 5.20. The number of carbonyl (C=O) groups excluding carboxylic acids is 1. The minimum absolute atomic E-state index is 0.0427. The number of aliphatic imine (C=N–C) groups is 1. The van der Waals surface area contributed by atoms with Crippen LogP contribution in [0.1, 0.15) is 12.5 Å². The monoisotopic (exact) mass is 362 g/mol. The second-order valence-corrected chi connectivity index (χ2v) is 5.61. The van der Waals surface area contributed by atoms with Crippen LogP contribution in [0.15, 0.2) is 17.3 Å². The minimum Gasteiger partial charge on any atom is -0.369 e. The van der Waals surface area contributed by atoms with Gasteiger partial charge in [0.25, 0.3) is 5.91 Å². The first-order valence-electron chi connectivity index (χ1n) is 6.72. The molecule has 2 rings (SSSR count). The molecule has 0 aromatic carbocycles. The molecule has 0 aliphatic heterocycles. The van der Waals surface area contributed by atoms with Gasteiger partial charge in [0.15, 0.2) is 5.65 Å². The van der Waals surface area contributed by atoms with Crippen LogP contribution in [0.2, 0.25) is 5.02 Å². The summed E-state index contributed by atoms with van der Waals surface area (Å²) in [6.07, 6.45) is -2.44. The van der Waals surface area contributed by atoms with Gasteiger partial charge in [-0.2, -0.15) is 13.2 Å². The normalized spacial score (nSPS) is 13.5. The lowest BCUT2D eigenvalue weighted by Gasteiger charge is -2.12. The van der Waals surface area contributed by atoms with Crippen LogP contribution in [-0.4, -0.2) is 51.9 Å². The van der Waals surface area contributed by atoms with E-state index in [-0.39, 0.29) is 16.6 Å². The number of hydrogen-bond acceptors (Lipinski definition) is 4. The van der Waals surface area contributed by atoms with Crippen LogP contribution in [0.3, 0.4) is 0 Å². The van der Waals surface area contributed by atoms with Gasteiger partial charge in [-0.1, -0.05) is 11.6 Å². The summed E-state index contributed by atoms with van der Waals surface area (Å²) < 4.78 is 39.7. The van der Waals surface area contributed by atoms with Crippen LogP contribution in [-0.2, 0) is 11.0 Å². The van der Waals surface area contributed by atoms with Gasteiger partial charge >= 0.3 is 6.18 Å². The molecule has 0 aliphatic carbocycles. The Morgan fingerprint density at radius 2 is 2.12 bits per heavy atom. The van der Waals surface area contributed by atoms with Crippen molar-refractivity contribution in [1.29, 1.82) is 0 Å². The van der Waals surface area contributed by atoms with Crippen LogP contribution < -0.4 is 5.32 Å². The molecule has 1 amide bonds. The molecule has 7 nitrogen and oxygen atoms in total. The number of nitrogens with one attached hydrogen (secondary N) is 1. The van der Waals surface area contributed by atoms with E-state index in [2.05, 4.69) is 20.5 Å². The minimum atomic E-state index is -4.57. The highest BCUT2D eigenvalue weighted by Gasteiger charge is 2.32. The molecule has 11 heteroatoms. The molecule has 1 N–H and O–H groups in total. The molecule has 1 unspecified atom stereocenters. The fraction of sp³-hybridized carbons (Fsp3) is 0.385. The fourth-order valence-electron chi connectivity index (χ4n) is 1.75. The van der Waals surface area contributed by atoms with Gasteiger partial charge in [0.2, 0.25) is 5.95 Å². The SMILES string of the molecule is CC(Nc1nnc2c(Cl)cc(C(F)(F)F)cn12)C(=O)N=CN(C)C. The van der Waals surface area contributed by atoms with Crippen molar-refractivity contribution in [2.75, 3.05) is 19.4 Å². The molecular weight excluding hydrogens is 349 g/mol. The lowest BCUT2D eigenvalue weighted by atomic mass is 10.3. The molecule has 0 fully saturated rings. The van der Waals surface area contributed by atoms with Crippen LogP contribution in [0.25, 0.3) is 5.65 Å². The number of hydrogen-bond donors (Lipinski definition) is 1. The van der Waals surface area contributed by atoms with Crippen molar-refractivity contribution in [3.8, 4) is 0 Å². The molecule has 0 saturated carbocycles. The molecule has 0 spiro atoms. The third-order valence-electron chi connectivity index (χ3n) is 2.92. The average Bonchev–Trinajstić information content (AvgIpc) is 2.87. The van der Waals surface area contributed by atoms with E-state index in [0.29, 0.717) is 0 Å². The van der Waals surface area contributed by atoms with Gasteiger partial charge in [0.05, 0.1) is 16.9 Å². The molecule has 130 valence electrons. The number of pyridine rings is 1. The highest BCUT2D eigenvalue weighted by Crippen LogP contribution is 2.32. The van der Waals surface area contributed by atoms with Crippen LogP contribution >= 0.6 is 11.6 Å². The van der Waals surface area contributed by atoms with E-state index < -0.39 is 23.7 Å². The number of alkyl halides is 3. The number of aromatic nitrogens is 3. The maximum Gasteiger partial charge on any atom is 0.417 e. The van der Waals surface area contributed by atoms with Crippen LogP contribution in [0.4, 0.5) is 19.1 Å². The maximum absolute atomic E-state index is 12.9. The zero-order valence-electron chi connectivity index (χ0n) is 13.0. The van der Waals surface area contributed by atoms with E-state index in [1.807, 2.05) is 0 Å². The van der Waals surface area contributed by atoms with Crippen LogP contribution in [0, 0.1) is 0 Å². The predicted octanol–water partition coefficient (Wildman–Crippen LogP) is 2.32. The second kappa shape index (κ2) is 6.63. The van der Waals surface area contributed by atoms with Gasteiger partial charge in [0, 0.05) is 20.3 Å². The number of nitrogens with zero attached hydrogens (tertiary/aromatic N) is 5. The molecule has 0 radical (unpaired) electrons. The topological polar surface area (TPSA) is 74.9 Å². The molecule has 0 bridgehead atoms. The summed E-state index contributed by atoms with van der Waals surface area (Å²) in [7, 11) is 3.39. The van der Waals surface area contributed by atoms with Gasteiger partial charge in [-0.25, -0.2) is 4.99 Å². The number of amides is 1. The summed E-state index contributed by atoms with van der Waals surface area (Å²) in [5, 5.41) is 9.93. The van der Waals surface area contributed by atoms with Gasteiger partial charge in [-0.15, -0.1) is 10.2 Å². The van der Waals surface area contributed by atoms with Gasteiger partial charge < -0.3 is 10.2 Å². The Balaban J connectivity index is 2.33. The van der Waals surface area contributed by atoms with E-state index >= 15 is 0 Å². The van der Waals surface area contributed by atoms with E-state index in [9.17, 15) is 18.0 Å². The summed E-state index contributed by atoms with van der Waals surface area (Å²) >= 11 is 5.82. The highest BCUT2D eigenvalue weighted by atomic mass is 35.5. The molecule has 2 heterocycles. The van der Waals surface area contributed by atoms with E-state index in [1.54, 1.807) is 19.0 Å². The molecular formula is C13H14ClF3N6O. The summed E-state index contributed by atoms with van der Waals surface area (Å²) in [6.45, 7) is 1.51. The first kappa shape index (κ1) is 18.0. The first-order chi connectivity index (χ1) is 11.1. The zero-order valence-corrected chi connectivity index (χ0v) is 13.7. The molecule has 0 aliphatic rings. The standard InChI is InChI=1S/C13H14ClF3N6O/c1-7(11(24)18-6-22(2)3)19-12-21-20-10-9(14)4-8(5-23(10)12)13(15,16)17/h4-7H,1-3H3,(H,19,21). The molecule has 0 saturated heterocycles. The number of carbonyl (C=O) groups is 1. The molecule has 24 heavy (non-hydrogen) atoms. The number of rotatable bonds is 4. The predicted molar refractivity (Wildman–Crippen MR) is 83.3 cm³/mol. The highest BCUT2D eigenvalue weighted by molar-refractivity contribution is 6.33. The van der Waals surface area contributed by atoms with E-state index in [4.69, 9.17) is 11.6 Å². The fourth-order valence-corrected chi connectivity index (χ4v) is 1.99. The molecule has 2 aromatic heterocycles. The zero-order chi connectivity index (χ0) is 18.1. The quantitative estimate of drug-likeness (QED) is 0.667. The first-order valence-corrected chi connectivity index (χ1v) is 7.10. The molecule has 1 atom stereocenters. The Kier molecular flexibility index (Phi) is 4.97. The number of fused-ring (bicyclic) bond motifs is 1. The van der Waals surface area contributed by atoms with E-state index in [0.717, 1.165) is 16.7 Å². The van der Waals surface area contributed by atoms with Crippen molar-refractivity contribution in [1.82, 2.24) is 19.5 Å². The van der Waals surface area contributed by atoms with Crippen LogP contribution in [0.5, 0.6) is 0 Å². The van der Waals surface area contributed by atoms with Crippen molar-refractivity contribution in [3.05, 3.63) is 22.8 Å². The lowest BCUT2D eigenvalue weighted by Crippen LogP contribution is -2.26. The summed E-state index contributed by atoms with van der Waals surface area (Å²) in [4.78, 5) is 17.1. The van der Waals surface area contributed by atoms with Gasteiger partial charge in [-0.05, 0) is 13.0 Å². The Morgan fingerprint density at radius 1 is 1.46 bits per heavy atom. The van der Waals surface area contributed by atoms with Crippen molar-refractivity contribution in [3.63, 3.8) is 0 Å². The van der Waals surface area contributed by atoms with E-state index in [1.165, 1.54) is 13.3 Å². The number of anilines is 1. The molecule has 2 aromatic rings. The summed E-state index contributed by atoms with van der Waals surface area (Å²) in [5.41, 5.74) is -0.906. The Labute approximate surface area is 140 Å². The smallest absolute Gasteiger partial charge is 0.369 e. The third kappa shape index (κ3) is 3.94. The Morgan fingerprint density at radius 3 is 2.71 bits per heavy atom. The van der Waals surface area contributed by atoms with Crippen molar-refractivity contribution in [2.45, 2.75) is 19.1 Å². The Bertz CT molecular complexity index is 786. The largest absolute Gasteiger partial charge is 0.417 e. The maximum atomic E-state index is 12.9. The Hall–Kier alpha value is -2.36. The van der Waals surface area contributed by atoms with Crippen molar-refractivity contribution >= 4 is 35.4 Å². The van der Waals surface area contributed by atoms with Crippen molar-refractivity contribution < 1.29 is 18.0 Å². The van der Waals surface area contributed by atoms with Gasteiger partial charge in [-0.3, -0.25) is 9.20 Å². The lowest BCUT2D eigenvalue weighted by molar-refractivity contribution is -0.137. The summed E-state index contributed by atoms with van der Waals surface area (Å²) in [5.74, 6) is -0.558. The third-order valence-corrected chi connectivity index (χ3v) is 3.20. The number of halogens is 4. The van der Waals surface area contributed by atoms with Gasteiger partial charge in [0.1, 0.15) is 6.04 Å². The van der Waals surface area contributed by atoms with Crippen molar-refractivity contribution in [2.24, 2.45) is 4.99 Å². The average molecular weight is 363 g/mol. The summed E-state index contributed by atoms with van der Waals surface area (Å²) in [6, 6.07) is -0.0485.